The monoisotopic (exact) mass is 585 g/mol. The van der Waals surface area contributed by atoms with E-state index < -0.39 is 26.9 Å². The number of ether oxygens (including phenoxy) is 1. The molecule has 0 spiro atoms. The van der Waals surface area contributed by atoms with Crippen molar-refractivity contribution in [2.75, 3.05) is 36.1 Å². The number of thiazole rings is 1. The van der Waals surface area contributed by atoms with Crippen LogP contribution in [0.3, 0.4) is 0 Å². The Bertz CT molecular complexity index is 1680. The molecule has 1 fully saturated rings. The quantitative estimate of drug-likeness (QED) is 0.306. The van der Waals surface area contributed by atoms with E-state index in [1.807, 2.05) is 12.3 Å². The Morgan fingerprint density at radius 2 is 1.93 bits per heavy atom. The minimum absolute atomic E-state index is 0.0774. The molecule has 12 nitrogen and oxygen atoms in total. The largest absolute Gasteiger partial charge is 0.444 e. The van der Waals surface area contributed by atoms with Gasteiger partial charge in [-0.3, -0.25) is 4.79 Å². The van der Waals surface area contributed by atoms with Crippen LogP contribution < -0.4 is 15.5 Å². The number of hydrogen-bond acceptors (Lipinski definition) is 10. The Morgan fingerprint density at radius 3 is 2.62 bits per heavy atom. The second kappa shape index (κ2) is 10.3. The summed E-state index contributed by atoms with van der Waals surface area (Å²) in [5.41, 5.74) is -0.291. The predicted octanol–water partition coefficient (Wildman–Crippen LogP) is 3.72. The highest BCUT2D eigenvalue weighted by atomic mass is 32.2. The van der Waals surface area contributed by atoms with Crippen LogP contribution in [0.5, 0.6) is 0 Å². The van der Waals surface area contributed by atoms with E-state index in [9.17, 15) is 18.0 Å². The minimum Gasteiger partial charge on any atom is -0.444 e. The molecule has 0 unspecified atom stereocenters. The van der Waals surface area contributed by atoms with Crippen molar-refractivity contribution >= 4 is 65.4 Å². The number of fused-ring (bicyclic) bond motifs is 2. The van der Waals surface area contributed by atoms with Gasteiger partial charge in [-0.15, -0.1) is 0 Å². The first-order chi connectivity index (χ1) is 18.8. The number of nitrogens with zero attached hydrogens (tertiary/aromatic N) is 4. The van der Waals surface area contributed by atoms with E-state index in [0.29, 0.717) is 41.3 Å². The lowest BCUT2D eigenvalue weighted by Crippen LogP contribution is -2.53. The first-order valence-electron chi connectivity index (χ1n) is 12.8. The van der Waals surface area contributed by atoms with Crippen LogP contribution in [0.15, 0.2) is 41.7 Å². The molecule has 0 atom stereocenters. The average Bonchev–Trinajstić information content (AvgIpc) is 3.52. The molecule has 1 aliphatic rings. The summed E-state index contributed by atoms with van der Waals surface area (Å²) in [7, 11) is -3.38. The van der Waals surface area contributed by atoms with Gasteiger partial charge in [0.1, 0.15) is 23.4 Å². The molecule has 4 heterocycles. The number of rotatable bonds is 6. The first kappa shape index (κ1) is 27.8. The molecule has 5 rings (SSSR count). The van der Waals surface area contributed by atoms with E-state index in [4.69, 9.17) is 4.74 Å². The van der Waals surface area contributed by atoms with Crippen LogP contribution in [0, 0.1) is 5.41 Å². The first-order valence-corrected chi connectivity index (χ1v) is 15.5. The van der Waals surface area contributed by atoms with Crippen molar-refractivity contribution in [3.8, 4) is 0 Å². The molecule has 14 heteroatoms. The normalized spacial score (nSPS) is 15.8. The lowest BCUT2D eigenvalue weighted by molar-refractivity contribution is -0.126. The SMILES string of the molecule is CC(C)(C)OC(=O)NCC1(C(=O)Nc2nc3ccc(S(C)(=O)=O)cc3s2)CCN(c2ncnc3[nH]ccc23)CC1. The summed E-state index contributed by atoms with van der Waals surface area (Å²) >= 11 is 1.20. The Balaban J connectivity index is 1.37. The molecule has 212 valence electrons. The highest BCUT2D eigenvalue weighted by Gasteiger charge is 2.43. The number of amides is 2. The molecule has 0 aliphatic carbocycles. The van der Waals surface area contributed by atoms with Gasteiger partial charge in [0.15, 0.2) is 15.0 Å². The van der Waals surface area contributed by atoms with Gasteiger partial charge >= 0.3 is 6.09 Å². The maximum atomic E-state index is 13.8. The smallest absolute Gasteiger partial charge is 0.407 e. The number of sulfone groups is 1. The third-order valence-corrected chi connectivity index (χ3v) is 8.86. The van der Waals surface area contributed by atoms with Gasteiger partial charge in [-0.1, -0.05) is 11.3 Å². The summed E-state index contributed by atoms with van der Waals surface area (Å²) in [6.45, 7) is 6.46. The number of hydrogen-bond donors (Lipinski definition) is 3. The van der Waals surface area contributed by atoms with Crippen LogP contribution in [-0.4, -0.2) is 71.8 Å². The molecule has 3 N–H and O–H groups in total. The highest BCUT2D eigenvalue weighted by molar-refractivity contribution is 7.90. The molecule has 4 aromatic rings. The number of anilines is 2. The van der Waals surface area contributed by atoms with Crippen LogP contribution >= 0.6 is 11.3 Å². The number of piperidine rings is 1. The number of aromatic amines is 1. The molecule has 0 saturated carbocycles. The van der Waals surface area contributed by atoms with Gasteiger partial charge < -0.3 is 25.3 Å². The fourth-order valence-corrected chi connectivity index (χ4v) is 6.34. The Morgan fingerprint density at radius 1 is 1.18 bits per heavy atom. The molecule has 2 amide bonds. The summed E-state index contributed by atoms with van der Waals surface area (Å²) in [5.74, 6) is 0.508. The topological polar surface area (TPSA) is 159 Å². The lowest BCUT2D eigenvalue weighted by Gasteiger charge is -2.41. The van der Waals surface area contributed by atoms with Crippen molar-refractivity contribution in [3.63, 3.8) is 0 Å². The highest BCUT2D eigenvalue weighted by Crippen LogP contribution is 2.37. The third-order valence-electron chi connectivity index (χ3n) is 6.81. The molecule has 0 bridgehead atoms. The maximum absolute atomic E-state index is 13.8. The zero-order chi connectivity index (χ0) is 28.7. The summed E-state index contributed by atoms with van der Waals surface area (Å²) in [5, 5.41) is 6.98. The predicted molar refractivity (Wildman–Crippen MR) is 153 cm³/mol. The van der Waals surface area contributed by atoms with Crippen LogP contribution in [0.2, 0.25) is 0 Å². The molecule has 3 aromatic heterocycles. The van der Waals surface area contributed by atoms with Gasteiger partial charge in [-0.2, -0.15) is 0 Å². The fourth-order valence-electron chi connectivity index (χ4n) is 4.72. The zero-order valence-corrected chi connectivity index (χ0v) is 24.3. The Labute approximate surface area is 235 Å². The van der Waals surface area contributed by atoms with Crippen molar-refractivity contribution in [1.29, 1.82) is 0 Å². The van der Waals surface area contributed by atoms with Crippen LogP contribution in [0.4, 0.5) is 15.7 Å². The average molecular weight is 586 g/mol. The third kappa shape index (κ3) is 5.87. The number of alkyl carbamates (subject to hydrolysis) is 1. The molecule has 0 radical (unpaired) electrons. The maximum Gasteiger partial charge on any atom is 0.407 e. The van der Waals surface area contributed by atoms with Gasteiger partial charge in [-0.05, 0) is 57.9 Å². The zero-order valence-electron chi connectivity index (χ0n) is 22.6. The van der Waals surface area contributed by atoms with Crippen LogP contribution in [0.1, 0.15) is 33.6 Å². The van der Waals surface area contributed by atoms with Gasteiger partial charge in [0.2, 0.25) is 5.91 Å². The lowest BCUT2D eigenvalue weighted by atomic mass is 9.77. The van der Waals surface area contributed by atoms with E-state index in [1.165, 1.54) is 23.7 Å². The summed E-state index contributed by atoms with van der Waals surface area (Å²) in [6, 6.07) is 6.60. The van der Waals surface area contributed by atoms with Gasteiger partial charge in [-0.25, -0.2) is 28.2 Å². The summed E-state index contributed by atoms with van der Waals surface area (Å²) in [6.07, 6.45) is 4.75. The van der Waals surface area contributed by atoms with E-state index in [2.05, 4.69) is 35.5 Å². The number of carbonyl (C=O) groups is 2. The van der Waals surface area contributed by atoms with E-state index in [0.717, 1.165) is 23.1 Å². The van der Waals surface area contributed by atoms with Crippen LogP contribution in [0.25, 0.3) is 21.3 Å². The minimum atomic E-state index is -3.38. The second-order valence-electron chi connectivity index (χ2n) is 10.9. The second-order valence-corrected chi connectivity index (χ2v) is 14.0. The van der Waals surface area contributed by atoms with Gasteiger partial charge in [0, 0.05) is 32.1 Å². The molecule has 1 aromatic carbocycles. The van der Waals surface area contributed by atoms with Crippen molar-refractivity contribution < 1.29 is 22.7 Å². The summed E-state index contributed by atoms with van der Waals surface area (Å²) < 4.78 is 30.0. The van der Waals surface area contributed by atoms with Crippen molar-refractivity contribution in [2.24, 2.45) is 5.41 Å². The fraction of sp³-hybridized carbons (Fsp3) is 0.423. The van der Waals surface area contributed by atoms with Crippen molar-refractivity contribution in [1.82, 2.24) is 25.3 Å². The van der Waals surface area contributed by atoms with Gasteiger partial charge in [0.25, 0.3) is 0 Å². The molecular formula is C26H31N7O5S2. The number of H-pyrrole nitrogens is 1. The van der Waals surface area contributed by atoms with Gasteiger partial charge in [0.05, 0.1) is 25.9 Å². The van der Waals surface area contributed by atoms with Crippen LogP contribution in [-0.2, 0) is 19.4 Å². The Hall–Kier alpha value is -3.78. The van der Waals surface area contributed by atoms with E-state index >= 15 is 0 Å². The molecule has 1 aliphatic heterocycles. The number of aromatic nitrogens is 4. The summed E-state index contributed by atoms with van der Waals surface area (Å²) in [4.78, 5) is 44.9. The van der Waals surface area contributed by atoms with Crippen molar-refractivity contribution in [3.05, 3.63) is 36.8 Å². The molecular weight excluding hydrogens is 554 g/mol. The number of carbonyl (C=O) groups excluding carboxylic acids is 2. The van der Waals surface area contributed by atoms with E-state index in [-0.39, 0.29) is 17.3 Å². The number of benzene rings is 1. The number of nitrogens with one attached hydrogen (secondary N) is 3. The van der Waals surface area contributed by atoms with Crippen molar-refractivity contribution in [2.45, 2.75) is 44.1 Å². The molecule has 40 heavy (non-hydrogen) atoms. The molecule has 1 saturated heterocycles. The Kier molecular flexibility index (Phi) is 7.17. The van der Waals surface area contributed by atoms with E-state index in [1.54, 1.807) is 32.9 Å². The standard InChI is InChI=1S/C26H31N7O5S2/c1-25(2,3)38-24(35)28-14-26(8-11-33(12-9-26)21-17-7-10-27-20(17)29-15-30-21)22(34)32-23-31-18-6-5-16(40(4,36)37)13-19(18)39-23/h5-7,10,13,15H,8-9,11-12,14H2,1-4H3,(H,28,35)(H,27,29,30)(H,31,32,34).